The fourth-order valence-corrected chi connectivity index (χ4v) is 2.28. The third kappa shape index (κ3) is 7.52. The number of nitrogens with zero attached hydrogens (tertiary/aromatic N) is 2. The standard InChI is InChI=1S/C14H31N3O3/c1-4-19-7-8-20-12-14(18)10-15-9-13-11-16(2)5-6-17(13)3/h13-15,18H,4-12H2,1-3H3. The van der Waals surface area contributed by atoms with Gasteiger partial charge in [0.25, 0.3) is 0 Å². The second kappa shape index (κ2) is 10.5. The summed E-state index contributed by atoms with van der Waals surface area (Å²) in [5.41, 5.74) is 0. The summed E-state index contributed by atoms with van der Waals surface area (Å²) in [6.45, 7) is 8.94. The zero-order chi connectivity index (χ0) is 14.8. The van der Waals surface area contributed by atoms with Crippen LogP contribution in [0.1, 0.15) is 6.92 Å². The highest BCUT2D eigenvalue weighted by Crippen LogP contribution is 2.04. The van der Waals surface area contributed by atoms with Gasteiger partial charge in [0.1, 0.15) is 0 Å². The average molecular weight is 289 g/mol. The van der Waals surface area contributed by atoms with E-state index < -0.39 is 6.10 Å². The largest absolute Gasteiger partial charge is 0.389 e. The Morgan fingerprint density at radius 1 is 1.25 bits per heavy atom. The normalized spacial score (nSPS) is 23.1. The minimum Gasteiger partial charge on any atom is -0.389 e. The Labute approximate surface area is 123 Å². The van der Waals surface area contributed by atoms with E-state index in [9.17, 15) is 5.11 Å². The molecule has 0 aromatic carbocycles. The number of hydrogen-bond acceptors (Lipinski definition) is 6. The molecule has 1 heterocycles. The second-order valence-corrected chi connectivity index (χ2v) is 5.48. The summed E-state index contributed by atoms with van der Waals surface area (Å²) in [4.78, 5) is 4.72. The summed E-state index contributed by atoms with van der Waals surface area (Å²) in [5, 5.41) is 13.1. The Balaban J connectivity index is 2.01. The molecule has 0 saturated carbocycles. The molecule has 0 radical (unpaired) electrons. The molecule has 1 fully saturated rings. The van der Waals surface area contributed by atoms with Crippen molar-refractivity contribution in [2.75, 3.05) is 73.2 Å². The van der Waals surface area contributed by atoms with Gasteiger partial charge in [-0.25, -0.2) is 0 Å². The molecule has 120 valence electrons. The molecule has 6 heteroatoms. The summed E-state index contributed by atoms with van der Waals surface area (Å²) >= 11 is 0. The van der Waals surface area contributed by atoms with Gasteiger partial charge in [-0.15, -0.1) is 0 Å². The first-order valence-corrected chi connectivity index (χ1v) is 7.56. The van der Waals surface area contributed by atoms with Gasteiger partial charge in [0.2, 0.25) is 0 Å². The molecule has 0 spiro atoms. The fraction of sp³-hybridized carbons (Fsp3) is 1.00. The predicted octanol–water partition coefficient (Wildman–Crippen LogP) is -0.764. The van der Waals surface area contributed by atoms with Crippen LogP contribution in [-0.4, -0.2) is 100 Å². The lowest BCUT2D eigenvalue weighted by Crippen LogP contribution is -2.54. The first-order chi connectivity index (χ1) is 9.63. The van der Waals surface area contributed by atoms with Crippen molar-refractivity contribution in [2.45, 2.75) is 19.1 Å². The van der Waals surface area contributed by atoms with Crippen LogP contribution in [0.5, 0.6) is 0 Å². The molecule has 0 bridgehead atoms. The lowest BCUT2D eigenvalue weighted by atomic mass is 10.2. The van der Waals surface area contributed by atoms with Crippen LogP contribution in [0.25, 0.3) is 0 Å². The van der Waals surface area contributed by atoms with E-state index in [-0.39, 0.29) is 0 Å². The van der Waals surface area contributed by atoms with E-state index in [1.54, 1.807) is 0 Å². The van der Waals surface area contributed by atoms with Crippen molar-refractivity contribution in [1.82, 2.24) is 15.1 Å². The third-order valence-electron chi connectivity index (χ3n) is 3.63. The first-order valence-electron chi connectivity index (χ1n) is 7.56. The Hall–Kier alpha value is -0.240. The first kappa shape index (κ1) is 17.8. The van der Waals surface area contributed by atoms with Crippen LogP contribution in [0, 0.1) is 0 Å². The second-order valence-electron chi connectivity index (χ2n) is 5.48. The third-order valence-corrected chi connectivity index (χ3v) is 3.63. The highest BCUT2D eigenvalue weighted by Gasteiger charge is 2.21. The summed E-state index contributed by atoms with van der Waals surface area (Å²) in [6, 6.07) is 0.514. The van der Waals surface area contributed by atoms with Crippen LogP contribution in [-0.2, 0) is 9.47 Å². The Morgan fingerprint density at radius 2 is 2.00 bits per heavy atom. The van der Waals surface area contributed by atoms with Gasteiger partial charge in [-0.05, 0) is 21.0 Å². The predicted molar refractivity (Wildman–Crippen MR) is 80.1 cm³/mol. The van der Waals surface area contributed by atoms with E-state index in [0.29, 0.717) is 39.0 Å². The van der Waals surface area contributed by atoms with Gasteiger partial charge in [-0.3, -0.25) is 4.90 Å². The maximum absolute atomic E-state index is 9.80. The molecule has 1 aliphatic heterocycles. The van der Waals surface area contributed by atoms with Gasteiger partial charge in [0, 0.05) is 45.4 Å². The smallest absolute Gasteiger partial charge is 0.0897 e. The number of rotatable bonds is 10. The maximum Gasteiger partial charge on any atom is 0.0897 e. The van der Waals surface area contributed by atoms with Crippen molar-refractivity contribution in [1.29, 1.82) is 0 Å². The average Bonchev–Trinajstić information content (AvgIpc) is 2.42. The molecule has 6 nitrogen and oxygen atoms in total. The molecule has 1 aliphatic rings. The van der Waals surface area contributed by atoms with Crippen LogP contribution >= 0.6 is 0 Å². The Bertz CT molecular complexity index is 244. The lowest BCUT2D eigenvalue weighted by Gasteiger charge is -2.37. The Kier molecular flexibility index (Phi) is 9.33. The minimum atomic E-state index is -0.455. The summed E-state index contributed by atoms with van der Waals surface area (Å²) in [6.07, 6.45) is -0.455. The minimum absolute atomic E-state index is 0.362. The maximum atomic E-state index is 9.80. The highest BCUT2D eigenvalue weighted by molar-refractivity contribution is 4.80. The monoisotopic (exact) mass is 289 g/mol. The van der Waals surface area contributed by atoms with E-state index in [4.69, 9.17) is 9.47 Å². The van der Waals surface area contributed by atoms with Gasteiger partial charge >= 0.3 is 0 Å². The van der Waals surface area contributed by atoms with Crippen molar-refractivity contribution < 1.29 is 14.6 Å². The molecule has 0 aliphatic carbocycles. The van der Waals surface area contributed by atoms with Crippen LogP contribution < -0.4 is 5.32 Å². The van der Waals surface area contributed by atoms with Gasteiger partial charge in [0.15, 0.2) is 0 Å². The molecule has 20 heavy (non-hydrogen) atoms. The lowest BCUT2D eigenvalue weighted by molar-refractivity contribution is 0.00567. The molecule has 0 aromatic heterocycles. The highest BCUT2D eigenvalue weighted by atomic mass is 16.5. The van der Waals surface area contributed by atoms with Gasteiger partial charge in [-0.1, -0.05) is 0 Å². The van der Waals surface area contributed by atoms with E-state index in [2.05, 4.69) is 29.2 Å². The molecule has 1 saturated heterocycles. The van der Waals surface area contributed by atoms with Gasteiger partial charge in [-0.2, -0.15) is 0 Å². The summed E-state index contributed by atoms with van der Waals surface area (Å²) in [7, 11) is 4.31. The number of piperazine rings is 1. The summed E-state index contributed by atoms with van der Waals surface area (Å²) in [5.74, 6) is 0. The van der Waals surface area contributed by atoms with Crippen LogP contribution in [0.15, 0.2) is 0 Å². The van der Waals surface area contributed by atoms with Crippen molar-refractivity contribution in [3.63, 3.8) is 0 Å². The van der Waals surface area contributed by atoms with Crippen LogP contribution in [0.4, 0.5) is 0 Å². The fourth-order valence-electron chi connectivity index (χ4n) is 2.28. The molecule has 0 aromatic rings. The zero-order valence-corrected chi connectivity index (χ0v) is 13.2. The number of likely N-dealkylation sites (N-methyl/N-ethyl adjacent to an activating group) is 2. The van der Waals surface area contributed by atoms with Crippen molar-refractivity contribution in [2.24, 2.45) is 0 Å². The number of aliphatic hydroxyl groups is 1. The molecule has 1 rings (SSSR count). The van der Waals surface area contributed by atoms with Crippen molar-refractivity contribution in [3.05, 3.63) is 0 Å². The Morgan fingerprint density at radius 3 is 2.75 bits per heavy atom. The summed E-state index contributed by atoms with van der Waals surface area (Å²) < 4.78 is 10.5. The van der Waals surface area contributed by atoms with Crippen molar-refractivity contribution >= 4 is 0 Å². The van der Waals surface area contributed by atoms with Gasteiger partial charge in [0.05, 0.1) is 25.9 Å². The number of ether oxygens (including phenoxy) is 2. The topological polar surface area (TPSA) is 57.2 Å². The molecule has 0 amide bonds. The van der Waals surface area contributed by atoms with Crippen LogP contribution in [0.2, 0.25) is 0 Å². The van der Waals surface area contributed by atoms with Gasteiger partial charge < -0.3 is 24.8 Å². The van der Waals surface area contributed by atoms with E-state index in [1.165, 1.54) is 0 Å². The number of hydrogen-bond donors (Lipinski definition) is 2. The molecular weight excluding hydrogens is 258 g/mol. The molecule has 2 atom stereocenters. The molecule has 2 unspecified atom stereocenters. The molecule has 2 N–H and O–H groups in total. The number of nitrogens with one attached hydrogen (secondary N) is 1. The van der Waals surface area contributed by atoms with E-state index in [1.807, 2.05) is 6.92 Å². The SMILES string of the molecule is CCOCCOCC(O)CNCC1CN(C)CCN1C. The quantitative estimate of drug-likeness (QED) is 0.516. The van der Waals surface area contributed by atoms with E-state index >= 15 is 0 Å². The van der Waals surface area contributed by atoms with E-state index in [0.717, 1.165) is 26.2 Å². The van der Waals surface area contributed by atoms with Crippen LogP contribution in [0.3, 0.4) is 0 Å². The zero-order valence-electron chi connectivity index (χ0n) is 13.2. The molecular formula is C14H31N3O3. The number of aliphatic hydroxyl groups excluding tert-OH is 1. The van der Waals surface area contributed by atoms with Crippen molar-refractivity contribution in [3.8, 4) is 0 Å².